The summed E-state index contributed by atoms with van der Waals surface area (Å²) in [6.45, 7) is 8.90. The van der Waals surface area contributed by atoms with Crippen LogP contribution in [0.1, 0.15) is 136 Å². The first-order valence-electron chi connectivity index (χ1n) is 18.3. The lowest BCUT2D eigenvalue weighted by molar-refractivity contribution is -0.701. The van der Waals surface area contributed by atoms with Gasteiger partial charge in [0.05, 0.1) is 5.41 Å². The lowest BCUT2D eigenvalue weighted by atomic mass is 9.81. The van der Waals surface area contributed by atoms with Crippen LogP contribution in [0, 0.1) is 5.41 Å². The molecule has 1 aliphatic heterocycles. The topological polar surface area (TPSA) is 109 Å². The van der Waals surface area contributed by atoms with Crippen molar-refractivity contribution in [3.63, 3.8) is 0 Å². The van der Waals surface area contributed by atoms with Crippen LogP contribution < -0.4 is 22.3 Å². The molecular weight excluding hydrogens is 632 g/mol. The number of halogens is 1. The first-order valence-corrected chi connectivity index (χ1v) is 18.3. The fourth-order valence-corrected chi connectivity index (χ4v) is 6.07. The molecule has 0 spiro atoms. The molecule has 11 heteroatoms. The van der Waals surface area contributed by atoms with Crippen molar-refractivity contribution in [2.45, 2.75) is 144 Å². The Morgan fingerprint density at radius 2 is 1.31 bits per heavy atom. The van der Waals surface area contributed by atoms with Gasteiger partial charge in [-0.25, -0.2) is 19.1 Å². The third-order valence-electron chi connectivity index (χ3n) is 9.10. The Hall–Kier alpha value is -2.88. The number of pyridine rings is 1. The predicted octanol–water partition coefficient (Wildman–Crippen LogP) is 4.32. The molecule has 1 saturated heterocycles. The van der Waals surface area contributed by atoms with Crippen molar-refractivity contribution in [2.24, 2.45) is 5.41 Å². The van der Waals surface area contributed by atoms with Crippen LogP contribution in [0.5, 0.6) is 0 Å². The molecule has 2 heterocycles. The monoisotopic (exact) mass is 694 g/mol. The van der Waals surface area contributed by atoms with Crippen LogP contribution in [0.2, 0.25) is 0 Å². The molecule has 1 fully saturated rings. The molecule has 1 aliphatic rings. The van der Waals surface area contributed by atoms with E-state index in [0.29, 0.717) is 26.2 Å². The summed E-state index contributed by atoms with van der Waals surface area (Å²) in [6, 6.07) is 5.60. The van der Waals surface area contributed by atoms with Crippen molar-refractivity contribution in [1.82, 2.24) is 15.1 Å². The Labute approximate surface area is 296 Å². The standard InChI is InChI=1S/C37H62N4O6.ClH/c1-5-7-8-9-10-11-12-13-14-15-16-17-18-19-20-22-25-38-35(44)46-30-37(28-40(29-37)32(3)42)31-47-36(45)41(33(4)43)27-34-24-21-23-26-39(34)6-2;/h21,23-24,26H,5-20,22,25,27-31H2,1-4H3;1H. The number of unbranched alkanes of at least 4 members (excludes halogenated alkanes) is 15. The van der Waals surface area contributed by atoms with Crippen LogP contribution in [-0.4, -0.2) is 66.6 Å². The van der Waals surface area contributed by atoms with E-state index >= 15 is 0 Å². The SMILES string of the molecule is CCCCCCCCCCCCCCCCCCNC(=O)OCC1(COC(=O)N(Cc2cccc[n+]2CC)C(C)=O)CN(C(C)=O)C1.[Cl-]. The second kappa shape index (κ2) is 25.1. The highest BCUT2D eigenvalue weighted by Gasteiger charge is 2.47. The number of alkyl carbamates (subject to hydrolysis) is 1. The van der Waals surface area contributed by atoms with Gasteiger partial charge in [0.15, 0.2) is 6.20 Å². The molecule has 1 aromatic heterocycles. The van der Waals surface area contributed by atoms with Crippen molar-refractivity contribution in [1.29, 1.82) is 0 Å². The summed E-state index contributed by atoms with van der Waals surface area (Å²) < 4.78 is 13.0. The summed E-state index contributed by atoms with van der Waals surface area (Å²) in [4.78, 5) is 52.3. The zero-order valence-electron chi connectivity index (χ0n) is 30.2. The lowest BCUT2D eigenvalue weighted by Crippen LogP contribution is -3.00. The number of likely N-dealkylation sites (tertiary alicyclic amines) is 1. The Morgan fingerprint density at radius 3 is 1.81 bits per heavy atom. The normalized spacial score (nSPS) is 13.2. The number of carbonyl (C=O) groups is 4. The minimum atomic E-state index is -0.766. The average molecular weight is 695 g/mol. The Kier molecular flexibility index (Phi) is 22.6. The van der Waals surface area contributed by atoms with Crippen molar-refractivity contribution in [2.75, 3.05) is 32.8 Å². The molecule has 0 bridgehead atoms. The molecule has 48 heavy (non-hydrogen) atoms. The molecule has 0 unspecified atom stereocenters. The fourth-order valence-electron chi connectivity index (χ4n) is 6.07. The first kappa shape index (κ1) is 43.1. The van der Waals surface area contributed by atoms with Crippen LogP contribution in [-0.2, 0) is 32.2 Å². The minimum Gasteiger partial charge on any atom is -1.00 e. The molecule has 0 aliphatic carbocycles. The Balaban J connectivity index is 0.0000115. The van der Waals surface area contributed by atoms with E-state index in [2.05, 4.69) is 12.2 Å². The lowest BCUT2D eigenvalue weighted by Gasteiger charge is -2.48. The maximum absolute atomic E-state index is 13.0. The van der Waals surface area contributed by atoms with Gasteiger partial charge in [0, 0.05) is 45.6 Å². The van der Waals surface area contributed by atoms with E-state index in [4.69, 9.17) is 9.47 Å². The number of carbonyl (C=O) groups excluding carboxylic acids is 4. The molecule has 2 rings (SSSR count). The van der Waals surface area contributed by atoms with Gasteiger partial charge < -0.3 is 32.1 Å². The van der Waals surface area contributed by atoms with Gasteiger partial charge in [-0.3, -0.25) is 9.59 Å². The van der Waals surface area contributed by atoms with Gasteiger partial charge in [-0.1, -0.05) is 109 Å². The molecule has 274 valence electrons. The van der Waals surface area contributed by atoms with E-state index in [0.717, 1.165) is 23.4 Å². The van der Waals surface area contributed by atoms with Gasteiger partial charge in [-0.05, 0) is 13.3 Å². The molecule has 0 radical (unpaired) electrons. The smallest absolute Gasteiger partial charge is 0.417 e. The van der Waals surface area contributed by atoms with E-state index in [1.54, 1.807) is 4.90 Å². The molecule has 0 atom stereocenters. The van der Waals surface area contributed by atoms with Crippen LogP contribution in [0.3, 0.4) is 0 Å². The number of aryl methyl sites for hydroxylation is 1. The average Bonchev–Trinajstić information content (AvgIpc) is 3.03. The van der Waals surface area contributed by atoms with Crippen LogP contribution in [0.25, 0.3) is 0 Å². The zero-order valence-corrected chi connectivity index (χ0v) is 31.0. The number of nitrogens with one attached hydrogen (secondary N) is 1. The predicted molar refractivity (Wildman–Crippen MR) is 183 cm³/mol. The first-order chi connectivity index (χ1) is 22.7. The summed E-state index contributed by atoms with van der Waals surface area (Å²) in [5, 5.41) is 2.82. The van der Waals surface area contributed by atoms with Crippen molar-refractivity contribution in [3.8, 4) is 0 Å². The number of aromatic nitrogens is 1. The summed E-state index contributed by atoms with van der Waals surface area (Å²) >= 11 is 0. The number of rotatable bonds is 24. The number of amides is 4. The molecule has 0 saturated carbocycles. The van der Waals surface area contributed by atoms with E-state index in [-0.39, 0.29) is 38.1 Å². The maximum Gasteiger partial charge on any atom is 0.417 e. The highest BCUT2D eigenvalue weighted by Crippen LogP contribution is 2.32. The fraction of sp³-hybridized carbons (Fsp3) is 0.757. The van der Waals surface area contributed by atoms with E-state index in [1.807, 2.05) is 35.9 Å². The van der Waals surface area contributed by atoms with Gasteiger partial charge in [0.25, 0.3) is 0 Å². The van der Waals surface area contributed by atoms with Crippen molar-refractivity contribution in [3.05, 3.63) is 30.1 Å². The Morgan fingerprint density at radius 1 is 0.792 bits per heavy atom. The molecule has 10 nitrogen and oxygen atoms in total. The Bertz CT molecular complexity index is 1080. The summed E-state index contributed by atoms with van der Waals surface area (Å²) in [7, 11) is 0. The summed E-state index contributed by atoms with van der Waals surface area (Å²) in [5.41, 5.74) is 0.0819. The third kappa shape index (κ3) is 17.0. The number of ether oxygens (including phenoxy) is 2. The van der Waals surface area contributed by atoms with Crippen molar-refractivity contribution >= 4 is 24.0 Å². The molecule has 1 N–H and O–H groups in total. The summed E-state index contributed by atoms with van der Waals surface area (Å²) in [6.07, 6.45) is 21.4. The van der Waals surface area contributed by atoms with Crippen LogP contribution in [0.15, 0.2) is 24.4 Å². The summed E-state index contributed by atoms with van der Waals surface area (Å²) in [5.74, 6) is -0.530. The molecule has 0 aromatic carbocycles. The number of nitrogens with zero attached hydrogens (tertiary/aromatic N) is 3. The number of hydrogen-bond acceptors (Lipinski definition) is 6. The van der Waals surface area contributed by atoms with E-state index < -0.39 is 23.5 Å². The quantitative estimate of drug-likeness (QED) is 0.128. The molecular formula is C37H63ClN4O6. The van der Waals surface area contributed by atoms with Gasteiger partial charge in [-0.2, -0.15) is 0 Å². The van der Waals surface area contributed by atoms with Gasteiger partial charge >= 0.3 is 12.2 Å². The zero-order chi connectivity index (χ0) is 34.3. The highest BCUT2D eigenvalue weighted by molar-refractivity contribution is 5.90. The minimum absolute atomic E-state index is 0. The van der Waals surface area contributed by atoms with Crippen LogP contribution >= 0.6 is 0 Å². The van der Waals surface area contributed by atoms with Gasteiger partial charge in [0.2, 0.25) is 17.5 Å². The highest BCUT2D eigenvalue weighted by atomic mass is 35.5. The van der Waals surface area contributed by atoms with Gasteiger partial charge in [0.1, 0.15) is 26.3 Å². The van der Waals surface area contributed by atoms with Gasteiger partial charge in [-0.15, -0.1) is 0 Å². The maximum atomic E-state index is 13.0. The van der Waals surface area contributed by atoms with Crippen molar-refractivity contribution < 1.29 is 45.6 Å². The number of imide groups is 1. The third-order valence-corrected chi connectivity index (χ3v) is 9.10. The van der Waals surface area contributed by atoms with Crippen LogP contribution in [0.4, 0.5) is 9.59 Å². The number of hydrogen-bond donors (Lipinski definition) is 1. The second-order valence-electron chi connectivity index (χ2n) is 13.3. The largest absolute Gasteiger partial charge is 1.00 e. The molecule has 4 amide bonds. The molecule has 1 aromatic rings. The second-order valence-corrected chi connectivity index (χ2v) is 13.3. The van der Waals surface area contributed by atoms with E-state index in [9.17, 15) is 19.2 Å². The van der Waals surface area contributed by atoms with E-state index in [1.165, 1.54) is 104 Å².